The van der Waals surface area contributed by atoms with Crippen molar-refractivity contribution in [2.45, 2.75) is 32.9 Å². The minimum atomic E-state index is 0.193. The Kier molecular flexibility index (Phi) is 8.87. The van der Waals surface area contributed by atoms with E-state index >= 15 is 0 Å². The molecule has 1 aromatic heterocycles. The van der Waals surface area contributed by atoms with Crippen molar-refractivity contribution in [1.29, 1.82) is 0 Å². The van der Waals surface area contributed by atoms with E-state index in [0.29, 0.717) is 0 Å². The van der Waals surface area contributed by atoms with E-state index in [-0.39, 0.29) is 5.54 Å². The zero-order valence-electron chi connectivity index (χ0n) is 13.0. The summed E-state index contributed by atoms with van der Waals surface area (Å²) in [5.41, 5.74) is 1.47. The Morgan fingerprint density at radius 2 is 1.68 bits per heavy atom. The van der Waals surface area contributed by atoms with Crippen LogP contribution in [0.25, 0.3) is 0 Å². The molecule has 0 saturated heterocycles. The molecule has 0 aliphatic carbocycles. The van der Waals surface area contributed by atoms with Gasteiger partial charge in [0.15, 0.2) is 0 Å². The molecule has 3 nitrogen and oxygen atoms in total. The fraction of sp³-hybridized carbons (Fsp3) is 0.400. The first-order valence-corrected chi connectivity index (χ1v) is 10.1. The third-order valence-corrected chi connectivity index (χ3v) is 5.11. The molecule has 0 aliphatic rings. The van der Waals surface area contributed by atoms with Crippen LogP contribution in [0.2, 0.25) is 5.02 Å². The molecule has 1 heterocycles. The molecule has 0 radical (unpaired) electrons. The van der Waals surface area contributed by atoms with E-state index in [9.17, 15) is 0 Å². The number of hydrogen-bond donors (Lipinski definition) is 0. The standard InChI is InChI=1S/C8H14N2.C7H6ClI2N.Pt/c1-8(2,3)10-6-5-9(4)7-10;8-7-3-1-6(2-4-7)5-11(9)10;/h5-6H,1-4H3;1-4H,5H2;. The number of rotatable bonds is 2. The van der Waals surface area contributed by atoms with E-state index < -0.39 is 0 Å². The van der Waals surface area contributed by atoms with Gasteiger partial charge in [0.1, 0.15) is 0 Å². The van der Waals surface area contributed by atoms with E-state index in [1.807, 2.05) is 24.3 Å². The predicted octanol–water partition coefficient (Wildman–Crippen LogP) is 5.50. The summed E-state index contributed by atoms with van der Waals surface area (Å²) in [6, 6.07) is 7.89. The second-order valence-electron chi connectivity index (χ2n) is 5.78. The number of hydrogen-bond acceptors (Lipinski definition) is 1. The van der Waals surface area contributed by atoms with Crippen molar-refractivity contribution in [2.75, 3.05) is 0 Å². The molecule has 1 aromatic carbocycles. The number of nitrogens with zero attached hydrogens (tertiary/aromatic N) is 3. The van der Waals surface area contributed by atoms with Crippen LogP contribution >= 0.6 is 57.3 Å². The van der Waals surface area contributed by atoms with Gasteiger partial charge >= 0.3 is 78.0 Å². The monoisotopic (exact) mass is 726 g/mol. The average molecular weight is 727 g/mol. The van der Waals surface area contributed by atoms with Gasteiger partial charge in [0, 0.05) is 57.3 Å². The Labute approximate surface area is 176 Å². The van der Waals surface area contributed by atoms with Gasteiger partial charge in [-0.2, -0.15) is 1.33 Å². The van der Waals surface area contributed by atoms with Crippen molar-refractivity contribution in [3.05, 3.63) is 51.0 Å². The van der Waals surface area contributed by atoms with Crippen LogP contribution < -0.4 is 0 Å². The van der Waals surface area contributed by atoms with Crippen molar-refractivity contribution in [3.8, 4) is 0 Å². The van der Waals surface area contributed by atoms with E-state index in [2.05, 4.69) is 116 Å². The molecule has 0 aliphatic heterocycles. The number of aromatic nitrogens is 2. The average Bonchev–Trinajstić information content (AvgIpc) is 2.73. The van der Waals surface area contributed by atoms with Gasteiger partial charge in [0.05, 0.1) is 0 Å². The zero-order valence-corrected chi connectivity index (χ0v) is 20.3. The summed E-state index contributed by atoms with van der Waals surface area (Å²) in [5, 5.41) is 0.794. The quantitative estimate of drug-likeness (QED) is 0.295. The molecule has 2 rings (SSSR count). The minimum absolute atomic E-state index is 0.193. The molecular formula is C15H20ClI2N3Pt. The Bertz CT molecular complexity index is 642. The van der Waals surface area contributed by atoms with Crippen molar-refractivity contribution in [1.82, 2.24) is 10.5 Å². The second kappa shape index (κ2) is 9.35. The van der Waals surface area contributed by atoms with E-state index in [4.69, 9.17) is 11.6 Å². The Morgan fingerprint density at radius 1 is 1.14 bits per heavy atom. The molecule has 0 bridgehead atoms. The fourth-order valence-electron chi connectivity index (χ4n) is 1.66. The van der Waals surface area contributed by atoms with E-state index in [0.717, 1.165) is 11.6 Å². The third kappa shape index (κ3) is 7.16. The molecule has 0 saturated carbocycles. The van der Waals surface area contributed by atoms with Gasteiger partial charge in [0.2, 0.25) is 0 Å². The number of imidazole rings is 1. The molecule has 126 valence electrons. The first-order chi connectivity index (χ1) is 10.1. The van der Waals surface area contributed by atoms with Gasteiger partial charge in [-0.25, -0.2) is 0 Å². The van der Waals surface area contributed by atoms with Crippen LogP contribution in [0.15, 0.2) is 36.7 Å². The third-order valence-electron chi connectivity index (χ3n) is 2.83. The zero-order chi connectivity index (χ0) is 16.9. The number of benzene rings is 1. The van der Waals surface area contributed by atoms with Crippen molar-refractivity contribution >= 4 is 57.3 Å². The summed E-state index contributed by atoms with van der Waals surface area (Å²) < 4.78 is 7.71. The molecule has 22 heavy (non-hydrogen) atoms. The molecule has 0 atom stereocenters. The van der Waals surface area contributed by atoms with Crippen LogP contribution in [-0.4, -0.2) is 10.5 Å². The Balaban J connectivity index is 0.000000220. The maximum atomic E-state index is 5.73. The molecule has 0 spiro atoms. The normalized spacial score (nSPS) is 11.4. The fourth-order valence-corrected chi connectivity index (χ4v) is 3.67. The topological polar surface area (TPSA) is 13.1 Å². The van der Waals surface area contributed by atoms with Crippen LogP contribution in [-0.2, 0) is 38.5 Å². The van der Waals surface area contributed by atoms with Crippen LogP contribution in [0.1, 0.15) is 26.3 Å². The van der Waals surface area contributed by atoms with Crippen LogP contribution in [0.4, 0.5) is 0 Å². The summed E-state index contributed by atoms with van der Waals surface area (Å²) in [4.78, 5) is 0. The first-order valence-electron chi connectivity index (χ1n) is 6.64. The summed E-state index contributed by atoms with van der Waals surface area (Å²) in [6.07, 6.45) is 4.19. The van der Waals surface area contributed by atoms with Gasteiger partial charge in [-0.3, -0.25) is 0 Å². The summed E-state index contributed by atoms with van der Waals surface area (Å²) in [6.45, 7) is 7.55. The van der Waals surface area contributed by atoms with E-state index in [1.54, 1.807) is 0 Å². The van der Waals surface area contributed by atoms with Crippen molar-refractivity contribution in [2.24, 2.45) is 7.05 Å². The SMILES string of the molecule is Clc1ccc(CN(I)I)cc1.Cn1ccn(C(C)(C)C)[c]1=[Pt]. The van der Waals surface area contributed by atoms with Crippen LogP contribution in [0.3, 0.4) is 0 Å². The Hall–Kier alpha value is 0.828. The van der Waals surface area contributed by atoms with Gasteiger partial charge in [-0.1, -0.05) is 23.7 Å². The molecule has 0 N–H and O–H groups in total. The van der Waals surface area contributed by atoms with Crippen LogP contribution in [0.5, 0.6) is 0 Å². The van der Waals surface area contributed by atoms with Gasteiger partial charge < -0.3 is 0 Å². The van der Waals surface area contributed by atoms with Crippen molar-refractivity contribution < 1.29 is 19.4 Å². The van der Waals surface area contributed by atoms with Crippen molar-refractivity contribution in [3.63, 3.8) is 0 Å². The molecule has 0 amide bonds. The van der Waals surface area contributed by atoms with Gasteiger partial charge in [0.25, 0.3) is 0 Å². The Morgan fingerprint density at radius 3 is 2.00 bits per heavy atom. The van der Waals surface area contributed by atoms with Crippen LogP contribution in [0, 0.1) is 3.80 Å². The summed E-state index contributed by atoms with van der Waals surface area (Å²) in [5.74, 6) is 0. The second-order valence-corrected chi connectivity index (χ2v) is 11.4. The first kappa shape index (κ1) is 20.9. The summed E-state index contributed by atoms with van der Waals surface area (Å²) >= 11 is 12.5. The molecule has 2 aromatic rings. The molecule has 0 fully saturated rings. The predicted molar refractivity (Wildman–Crippen MR) is 107 cm³/mol. The summed E-state index contributed by atoms with van der Waals surface area (Å²) in [7, 11) is 2.06. The molecular weight excluding hydrogens is 707 g/mol. The number of aryl methyl sites for hydroxylation is 1. The van der Waals surface area contributed by atoms with Gasteiger partial charge in [-0.05, 0) is 17.7 Å². The van der Waals surface area contributed by atoms with E-state index in [1.165, 1.54) is 9.37 Å². The molecule has 0 unspecified atom stereocenters. The number of halogens is 3. The molecule has 7 heteroatoms. The maximum absolute atomic E-state index is 5.73. The van der Waals surface area contributed by atoms with Gasteiger partial charge in [-0.15, -0.1) is 0 Å².